The van der Waals surface area contributed by atoms with Gasteiger partial charge in [0.15, 0.2) is 0 Å². The van der Waals surface area contributed by atoms with Crippen LogP contribution < -0.4 is 5.32 Å². The van der Waals surface area contributed by atoms with Crippen LogP contribution in [-0.4, -0.2) is 28.7 Å². The fourth-order valence-electron chi connectivity index (χ4n) is 2.54. The first-order valence-corrected chi connectivity index (χ1v) is 9.87. The van der Waals surface area contributed by atoms with Gasteiger partial charge in [0.2, 0.25) is 0 Å². The number of rotatable bonds is 5. The minimum atomic E-state index is -6.60. The first-order valence-electron chi connectivity index (χ1n) is 8.26. The fraction of sp³-hybridized carbons (Fsp3) is 0.235. The number of nitrogens with one attached hydrogen (secondary N) is 1. The summed E-state index contributed by atoms with van der Waals surface area (Å²) in [6.07, 6.45) is -13.2. The predicted molar refractivity (Wildman–Crippen MR) is 102 cm³/mol. The Labute approximate surface area is 194 Å². The van der Waals surface area contributed by atoms with Crippen molar-refractivity contribution in [3.8, 4) is 0 Å². The Hall–Kier alpha value is -2.56. The largest absolute Gasteiger partial charge is 0.446 e. The van der Waals surface area contributed by atoms with E-state index in [4.69, 9.17) is 0 Å². The summed E-state index contributed by atoms with van der Waals surface area (Å²) >= 11 is 1.25. The van der Waals surface area contributed by atoms with Crippen LogP contribution in [0.25, 0.3) is 0 Å². The number of benzene rings is 2. The molecular formula is C17H7BrF10N2O3S. The highest BCUT2D eigenvalue weighted by Gasteiger charge is 2.73. The second-order valence-corrected chi connectivity index (χ2v) is 8.26. The van der Waals surface area contributed by atoms with Crippen LogP contribution >= 0.6 is 27.7 Å². The zero-order valence-corrected chi connectivity index (χ0v) is 18.1. The average Bonchev–Trinajstić information content (AvgIpc) is 2.66. The molecule has 0 unspecified atom stereocenters. The molecule has 0 fully saturated rings. The predicted octanol–water partition coefficient (Wildman–Crippen LogP) is 7.51. The zero-order valence-electron chi connectivity index (χ0n) is 15.7. The normalized spacial score (nSPS) is 13.0. The summed E-state index contributed by atoms with van der Waals surface area (Å²) in [6, 6.07) is 3.31. The van der Waals surface area contributed by atoms with Crippen molar-refractivity contribution in [1.82, 2.24) is 0 Å². The fourth-order valence-corrected chi connectivity index (χ4v) is 3.93. The second kappa shape index (κ2) is 9.24. The quantitative estimate of drug-likeness (QED) is 0.170. The molecule has 0 aromatic heterocycles. The van der Waals surface area contributed by atoms with Gasteiger partial charge < -0.3 is 5.32 Å². The van der Waals surface area contributed by atoms with Crippen molar-refractivity contribution >= 4 is 45.0 Å². The van der Waals surface area contributed by atoms with Crippen LogP contribution in [0, 0.1) is 10.1 Å². The zero-order chi connectivity index (χ0) is 26.3. The number of nitro groups is 1. The lowest BCUT2D eigenvalue weighted by atomic mass is 9.94. The number of carbonyl (C=O) groups excluding carboxylic acids is 1. The van der Waals surface area contributed by atoms with Gasteiger partial charge in [-0.1, -0.05) is 6.07 Å². The average molecular weight is 589 g/mol. The molecule has 1 N–H and O–H groups in total. The van der Waals surface area contributed by atoms with Crippen molar-refractivity contribution in [3.63, 3.8) is 0 Å². The molecule has 0 atom stereocenters. The molecule has 2 aromatic rings. The molecule has 0 heterocycles. The summed E-state index contributed by atoms with van der Waals surface area (Å²) in [5.74, 6) is -1.29. The van der Waals surface area contributed by atoms with E-state index in [9.17, 15) is 58.8 Å². The Morgan fingerprint density at radius 1 is 0.941 bits per heavy atom. The van der Waals surface area contributed by atoms with Crippen molar-refractivity contribution in [2.45, 2.75) is 28.4 Å². The minimum Gasteiger partial charge on any atom is -0.320 e. The number of anilines is 1. The minimum absolute atomic E-state index is 0.0789. The maximum Gasteiger partial charge on any atom is 0.446 e. The molecule has 0 spiro atoms. The van der Waals surface area contributed by atoms with Crippen molar-refractivity contribution in [2.24, 2.45) is 0 Å². The summed E-state index contributed by atoms with van der Waals surface area (Å²) in [5.41, 5.74) is -15.6. The van der Waals surface area contributed by atoms with E-state index in [1.165, 1.54) is 0 Å². The van der Waals surface area contributed by atoms with E-state index in [0.29, 0.717) is 6.07 Å². The van der Waals surface area contributed by atoms with Gasteiger partial charge in [-0.2, -0.15) is 39.5 Å². The van der Waals surface area contributed by atoms with Gasteiger partial charge in [-0.15, -0.1) is 0 Å². The summed E-state index contributed by atoms with van der Waals surface area (Å²) in [5, 5.41) is 12.6. The molecule has 0 aliphatic carbocycles. The Morgan fingerprint density at radius 3 is 1.97 bits per heavy atom. The SMILES string of the molecule is O=C(Nc1c(Br)cc(C(F)(C(F)(F)F)C(F)(F)F)cc1SC(F)(F)F)c1cccc([N+](=O)[O-])c1. The molecule has 5 nitrogen and oxygen atoms in total. The Morgan fingerprint density at radius 2 is 1.50 bits per heavy atom. The standard InChI is InChI=1S/C17H7BrF10N2O3S/c18-10-5-8(14(19,15(20,21)22)16(23,24)25)6-11(34-17(26,27)28)12(10)29-13(31)7-2-1-3-9(4-7)30(32)33/h1-6H,(H,29,31). The van der Waals surface area contributed by atoms with Crippen molar-refractivity contribution in [3.05, 3.63) is 62.1 Å². The van der Waals surface area contributed by atoms with Crippen LogP contribution in [0.1, 0.15) is 15.9 Å². The van der Waals surface area contributed by atoms with Gasteiger partial charge in [0.05, 0.1) is 10.6 Å². The third-order valence-corrected chi connectivity index (χ3v) is 5.42. The molecular weight excluding hydrogens is 582 g/mol. The van der Waals surface area contributed by atoms with Gasteiger partial charge in [0, 0.05) is 32.6 Å². The van der Waals surface area contributed by atoms with E-state index in [1.54, 1.807) is 0 Å². The Bertz CT molecular complexity index is 1100. The monoisotopic (exact) mass is 588 g/mol. The summed E-state index contributed by atoms with van der Waals surface area (Å²) in [7, 11) is 0. The van der Waals surface area contributed by atoms with Crippen molar-refractivity contribution in [2.75, 3.05) is 5.32 Å². The van der Waals surface area contributed by atoms with Crippen LogP contribution in [0.15, 0.2) is 45.8 Å². The highest BCUT2D eigenvalue weighted by Crippen LogP contribution is 2.55. The summed E-state index contributed by atoms with van der Waals surface area (Å²) in [4.78, 5) is 20.9. The van der Waals surface area contributed by atoms with Crippen LogP contribution in [0.3, 0.4) is 0 Å². The van der Waals surface area contributed by atoms with Crippen LogP contribution in [-0.2, 0) is 5.67 Å². The second-order valence-electron chi connectivity index (χ2n) is 6.29. The summed E-state index contributed by atoms with van der Waals surface area (Å²) < 4.78 is 131. The Kier molecular flexibility index (Phi) is 7.52. The molecule has 0 aliphatic rings. The number of nitrogens with zero attached hydrogens (tertiary/aromatic N) is 1. The number of thioether (sulfide) groups is 1. The molecule has 0 radical (unpaired) electrons. The van der Waals surface area contributed by atoms with Gasteiger partial charge in [0.25, 0.3) is 11.6 Å². The molecule has 0 aliphatic heterocycles. The molecule has 1 amide bonds. The maximum absolute atomic E-state index is 14.4. The number of halogens is 11. The summed E-state index contributed by atoms with van der Waals surface area (Å²) in [6.45, 7) is 0. The third-order valence-electron chi connectivity index (χ3n) is 4.02. The number of carbonyl (C=O) groups is 1. The number of hydrogen-bond donors (Lipinski definition) is 1. The molecule has 0 bridgehead atoms. The maximum atomic E-state index is 14.4. The van der Waals surface area contributed by atoms with E-state index in [1.807, 2.05) is 5.32 Å². The molecule has 2 rings (SSSR count). The van der Waals surface area contributed by atoms with E-state index < -0.39 is 78.0 Å². The van der Waals surface area contributed by atoms with Crippen LogP contribution in [0.2, 0.25) is 0 Å². The first kappa shape index (κ1) is 27.7. The van der Waals surface area contributed by atoms with Gasteiger partial charge in [-0.05, 0) is 45.9 Å². The number of hydrogen-bond acceptors (Lipinski definition) is 4. The first-order chi connectivity index (χ1) is 15.3. The number of amides is 1. The number of nitro benzene ring substituents is 1. The molecule has 34 heavy (non-hydrogen) atoms. The van der Waals surface area contributed by atoms with Crippen LogP contribution in [0.4, 0.5) is 55.3 Å². The lowest BCUT2D eigenvalue weighted by Crippen LogP contribution is -2.50. The van der Waals surface area contributed by atoms with Crippen molar-refractivity contribution in [1.29, 1.82) is 0 Å². The van der Waals surface area contributed by atoms with Crippen LogP contribution in [0.5, 0.6) is 0 Å². The van der Waals surface area contributed by atoms with Crippen molar-refractivity contribution < 1.29 is 53.6 Å². The molecule has 0 saturated heterocycles. The van der Waals surface area contributed by atoms with Gasteiger partial charge in [0.1, 0.15) is 0 Å². The lowest BCUT2D eigenvalue weighted by molar-refractivity contribution is -0.384. The third kappa shape index (κ3) is 5.73. The number of non-ortho nitro benzene ring substituents is 1. The molecule has 186 valence electrons. The smallest absolute Gasteiger partial charge is 0.320 e. The van der Waals surface area contributed by atoms with E-state index in [-0.39, 0.29) is 12.1 Å². The van der Waals surface area contributed by atoms with E-state index in [0.717, 1.165) is 18.2 Å². The van der Waals surface area contributed by atoms with Gasteiger partial charge in [-0.25, -0.2) is 4.39 Å². The highest BCUT2D eigenvalue weighted by atomic mass is 79.9. The molecule has 0 saturated carbocycles. The number of alkyl halides is 10. The molecule has 2 aromatic carbocycles. The van der Waals surface area contributed by atoms with E-state index >= 15 is 0 Å². The Balaban J connectivity index is 2.67. The van der Waals surface area contributed by atoms with E-state index in [2.05, 4.69) is 15.9 Å². The van der Waals surface area contributed by atoms with Gasteiger partial charge in [-0.3, -0.25) is 14.9 Å². The van der Waals surface area contributed by atoms with Gasteiger partial charge >= 0.3 is 23.5 Å². The highest BCUT2D eigenvalue weighted by molar-refractivity contribution is 9.10. The topological polar surface area (TPSA) is 72.2 Å². The molecule has 17 heteroatoms. The lowest BCUT2D eigenvalue weighted by Gasteiger charge is -2.31.